The summed E-state index contributed by atoms with van der Waals surface area (Å²) >= 11 is 0. The molecule has 1 unspecified atom stereocenters. The van der Waals surface area contributed by atoms with Crippen molar-refractivity contribution in [1.29, 1.82) is 0 Å². The molecule has 1 atom stereocenters. The predicted molar refractivity (Wildman–Crippen MR) is 88.2 cm³/mol. The number of nitrogens with zero attached hydrogens (tertiary/aromatic N) is 3. The average molecular weight is 298 g/mol. The number of hydrogen-bond acceptors (Lipinski definition) is 5. The number of nitrogens with one attached hydrogen (secondary N) is 1. The average Bonchev–Trinajstić information content (AvgIpc) is 2.54. The van der Waals surface area contributed by atoms with Gasteiger partial charge in [0.1, 0.15) is 11.6 Å². The molecule has 1 fully saturated rings. The van der Waals surface area contributed by atoms with E-state index in [-0.39, 0.29) is 6.10 Å². The first-order valence-corrected chi connectivity index (χ1v) is 7.69. The molecule has 0 aromatic carbocycles. The number of pyridine rings is 2. The molecule has 2 aromatic rings. The van der Waals surface area contributed by atoms with Gasteiger partial charge in [0.05, 0.1) is 12.7 Å². The van der Waals surface area contributed by atoms with E-state index in [1.54, 1.807) is 0 Å². The van der Waals surface area contributed by atoms with E-state index in [4.69, 9.17) is 4.74 Å². The first-order valence-electron chi connectivity index (χ1n) is 7.69. The lowest BCUT2D eigenvalue weighted by Gasteiger charge is -2.32. The molecule has 1 saturated heterocycles. The van der Waals surface area contributed by atoms with Crippen molar-refractivity contribution in [3.05, 3.63) is 47.8 Å². The third-order valence-corrected chi connectivity index (χ3v) is 3.76. The maximum atomic E-state index is 5.56. The largest absolute Gasteiger partial charge is 0.375 e. The Morgan fingerprint density at radius 2 is 2.23 bits per heavy atom. The minimum absolute atomic E-state index is 0.268. The quantitative estimate of drug-likeness (QED) is 0.940. The highest BCUT2D eigenvalue weighted by atomic mass is 16.5. The van der Waals surface area contributed by atoms with E-state index in [9.17, 15) is 0 Å². The van der Waals surface area contributed by atoms with Crippen LogP contribution in [0, 0.1) is 6.92 Å². The van der Waals surface area contributed by atoms with Crippen LogP contribution in [0.3, 0.4) is 0 Å². The van der Waals surface area contributed by atoms with Gasteiger partial charge in [0.15, 0.2) is 0 Å². The van der Waals surface area contributed by atoms with E-state index < -0.39 is 0 Å². The molecule has 1 N–H and O–H groups in total. The molecule has 5 heteroatoms. The molecule has 5 nitrogen and oxygen atoms in total. The van der Waals surface area contributed by atoms with Gasteiger partial charge in [-0.3, -0.25) is 0 Å². The number of aryl methyl sites for hydroxylation is 1. The third kappa shape index (κ3) is 3.74. The van der Waals surface area contributed by atoms with Crippen molar-refractivity contribution < 1.29 is 4.74 Å². The second-order valence-electron chi connectivity index (χ2n) is 5.72. The summed E-state index contributed by atoms with van der Waals surface area (Å²) in [6, 6.07) is 8.23. The molecule has 0 aliphatic carbocycles. The van der Waals surface area contributed by atoms with Crippen LogP contribution in [0.4, 0.5) is 11.6 Å². The van der Waals surface area contributed by atoms with Gasteiger partial charge in [0.25, 0.3) is 0 Å². The Hall–Kier alpha value is -2.14. The van der Waals surface area contributed by atoms with Gasteiger partial charge in [0.2, 0.25) is 0 Å². The van der Waals surface area contributed by atoms with Gasteiger partial charge in [-0.15, -0.1) is 0 Å². The summed E-state index contributed by atoms with van der Waals surface area (Å²) < 4.78 is 5.56. The molecular weight excluding hydrogens is 276 g/mol. The Kier molecular flexibility index (Phi) is 4.53. The summed E-state index contributed by atoms with van der Waals surface area (Å²) in [5, 5.41) is 3.32. The molecule has 3 rings (SSSR count). The van der Waals surface area contributed by atoms with Gasteiger partial charge >= 0.3 is 0 Å². The number of anilines is 2. The lowest BCUT2D eigenvalue weighted by molar-refractivity contribution is 0.0529. The standard InChI is InChI=1S/C17H22N4O/c1-13-5-6-18-16(9-13)19-10-15-3-4-17(20-11-15)21-7-8-22-14(2)12-21/h3-6,9,11,14H,7-8,10,12H2,1-2H3,(H,18,19). The Bertz CT molecular complexity index is 614. The van der Waals surface area contributed by atoms with E-state index in [1.165, 1.54) is 5.56 Å². The summed E-state index contributed by atoms with van der Waals surface area (Å²) in [7, 11) is 0. The summed E-state index contributed by atoms with van der Waals surface area (Å²) in [6.45, 7) is 7.46. The van der Waals surface area contributed by atoms with Crippen molar-refractivity contribution in [2.45, 2.75) is 26.5 Å². The number of morpholine rings is 1. The van der Waals surface area contributed by atoms with Crippen molar-refractivity contribution in [2.24, 2.45) is 0 Å². The lowest BCUT2D eigenvalue weighted by Crippen LogP contribution is -2.41. The Balaban J connectivity index is 1.59. The van der Waals surface area contributed by atoms with E-state index in [2.05, 4.69) is 46.2 Å². The van der Waals surface area contributed by atoms with E-state index in [0.717, 1.165) is 43.4 Å². The van der Waals surface area contributed by atoms with Crippen molar-refractivity contribution >= 4 is 11.6 Å². The van der Waals surface area contributed by atoms with Crippen LogP contribution in [0.1, 0.15) is 18.1 Å². The molecule has 2 aromatic heterocycles. The zero-order chi connectivity index (χ0) is 15.4. The fourth-order valence-electron chi connectivity index (χ4n) is 2.56. The Morgan fingerprint density at radius 1 is 1.32 bits per heavy atom. The fourth-order valence-corrected chi connectivity index (χ4v) is 2.56. The van der Waals surface area contributed by atoms with E-state index >= 15 is 0 Å². The van der Waals surface area contributed by atoms with Gasteiger partial charge in [-0.25, -0.2) is 9.97 Å². The number of hydrogen-bond donors (Lipinski definition) is 1. The lowest BCUT2D eigenvalue weighted by atomic mass is 10.2. The van der Waals surface area contributed by atoms with Crippen LogP contribution in [-0.4, -0.2) is 35.8 Å². The minimum atomic E-state index is 0.268. The van der Waals surface area contributed by atoms with Crippen LogP contribution in [0.25, 0.3) is 0 Å². The first-order chi connectivity index (χ1) is 10.7. The molecule has 0 radical (unpaired) electrons. The molecular formula is C17H22N4O. The van der Waals surface area contributed by atoms with Gasteiger partial charge in [-0.2, -0.15) is 0 Å². The van der Waals surface area contributed by atoms with E-state index in [1.807, 2.05) is 24.5 Å². The van der Waals surface area contributed by atoms with Crippen molar-refractivity contribution in [1.82, 2.24) is 9.97 Å². The van der Waals surface area contributed by atoms with Crippen molar-refractivity contribution in [3.63, 3.8) is 0 Å². The summed E-state index contributed by atoms with van der Waals surface area (Å²) in [5.74, 6) is 1.92. The van der Waals surface area contributed by atoms with Crippen LogP contribution in [0.15, 0.2) is 36.7 Å². The second kappa shape index (κ2) is 6.75. The normalized spacial score (nSPS) is 18.3. The van der Waals surface area contributed by atoms with E-state index in [0.29, 0.717) is 0 Å². The smallest absolute Gasteiger partial charge is 0.128 e. The predicted octanol–water partition coefficient (Wildman–Crippen LogP) is 2.62. The molecule has 0 bridgehead atoms. The number of ether oxygens (including phenoxy) is 1. The van der Waals surface area contributed by atoms with Crippen LogP contribution in [0.2, 0.25) is 0 Å². The maximum absolute atomic E-state index is 5.56. The van der Waals surface area contributed by atoms with Gasteiger partial charge in [-0.1, -0.05) is 6.07 Å². The van der Waals surface area contributed by atoms with Crippen molar-refractivity contribution in [2.75, 3.05) is 29.9 Å². The van der Waals surface area contributed by atoms with Crippen LogP contribution in [0.5, 0.6) is 0 Å². The summed E-state index contributed by atoms with van der Waals surface area (Å²) in [6.07, 6.45) is 4.01. The molecule has 116 valence electrons. The molecule has 22 heavy (non-hydrogen) atoms. The Morgan fingerprint density at radius 3 is 2.95 bits per heavy atom. The van der Waals surface area contributed by atoms with Crippen molar-refractivity contribution in [3.8, 4) is 0 Å². The summed E-state index contributed by atoms with van der Waals surface area (Å²) in [5.41, 5.74) is 2.35. The van der Waals surface area contributed by atoms with Gasteiger partial charge in [0, 0.05) is 32.0 Å². The number of aromatic nitrogens is 2. The zero-order valence-electron chi connectivity index (χ0n) is 13.1. The maximum Gasteiger partial charge on any atom is 0.128 e. The number of rotatable bonds is 4. The minimum Gasteiger partial charge on any atom is -0.375 e. The molecule has 1 aliphatic rings. The fraction of sp³-hybridized carbons (Fsp3) is 0.412. The molecule has 0 spiro atoms. The van der Waals surface area contributed by atoms with Gasteiger partial charge < -0.3 is 15.0 Å². The zero-order valence-corrected chi connectivity index (χ0v) is 13.1. The highest BCUT2D eigenvalue weighted by molar-refractivity contribution is 5.42. The molecule has 0 saturated carbocycles. The third-order valence-electron chi connectivity index (χ3n) is 3.76. The highest BCUT2D eigenvalue weighted by Gasteiger charge is 2.17. The SMILES string of the molecule is Cc1ccnc(NCc2ccc(N3CCOC(C)C3)nc2)c1. The Labute approximate surface area is 131 Å². The topological polar surface area (TPSA) is 50.3 Å². The summed E-state index contributed by atoms with van der Waals surface area (Å²) in [4.78, 5) is 11.1. The molecule has 0 amide bonds. The highest BCUT2D eigenvalue weighted by Crippen LogP contribution is 2.16. The van der Waals surface area contributed by atoms with Gasteiger partial charge in [-0.05, 0) is 43.2 Å². The van der Waals surface area contributed by atoms with Crippen LogP contribution >= 0.6 is 0 Å². The first kappa shape index (κ1) is 14.8. The monoisotopic (exact) mass is 298 g/mol. The second-order valence-corrected chi connectivity index (χ2v) is 5.72. The molecule has 3 heterocycles. The van der Waals surface area contributed by atoms with Crippen LogP contribution in [-0.2, 0) is 11.3 Å². The molecule has 1 aliphatic heterocycles. The van der Waals surface area contributed by atoms with Crippen LogP contribution < -0.4 is 10.2 Å².